The second-order valence-electron chi connectivity index (χ2n) is 0. The standard InChI is InChI=1S/Fe.Mo.Ti.Zr. The van der Waals surface area contributed by atoms with Crippen LogP contribution in [-0.2, 0) is 86.1 Å². The molecule has 0 radical (unpaired) electrons. The minimum atomic E-state index is 0. The molecule has 0 aromatic carbocycles. The van der Waals surface area contributed by atoms with E-state index in [1.165, 1.54) is 0 Å². The molecular formula is FeMoTiZr. The van der Waals surface area contributed by atoms with Crippen LogP contribution in [0.5, 0.6) is 0 Å². The Bertz CT molecular complexity index is 8.00. The first-order valence-electron chi connectivity index (χ1n) is 0. The van der Waals surface area contributed by atoms with Crippen molar-refractivity contribution in [1.82, 2.24) is 0 Å². The summed E-state index contributed by atoms with van der Waals surface area (Å²) in [4.78, 5) is 0. The molecule has 0 aromatic heterocycles. The maximum absolute atomic E-state index is 0. The summed E-state index contributed by atoms with van der Waals surface area (Å²) in [5, 5.41) is 0. The monoisotopic (exact) mass is 292 g/mol. The molecule has 0 saturated heterocycles. The van der Waals surface area contributed by atoms with E-state index in [1.807, 2.05) is 0 Å². The van der Waals surface area contributed by atoms with Gasteiger partial charge >= 0.3 is 0 Å². The minimum Gasteiger partial charge on any atom is 0 e. The molecule has 0 unspecified atom stereocenters. The summed E-state index contributed by atoms with van der Waals surface area (Å²) in [6.07, 6.45) is 0. The van der Waals surface area contributed by atoms with Crippen LogP contribution in [0.15, 0.2) is 0 Å². The molecule has 0 saturated carbocycles. The SMILES string of the molecule is [Fe].[Mo].[Ti].[Zr]. The molecule has 0 aliphatic carbocycles. The van der Waals surface area contributed by atoms with Crippen LogP contribution in [0.1, 0.15) is 0 Å². The van der Waals surface area contributed by atoms with Gasteiger partial charge in [0.1, 0.15) is 0 Å². The van der Waals surface area contributed by atoms with E-state index in [9.17, 15) is 0 Å². The summed E-state index contributed by atoms with van der Waals surface area (Å²) >= 11 is 0. The van der Waals surface area contributed by atoms with E-state index in [1.54, 1.807) is 0 Å². The van der Waals surface area contributed by atoms with E-state index in [0.29, 0.717) is 0 Å². The minimum absolute atomic E-state index is 0. The molecule has 0 aliphatic heterocycles. The molecule has 0 N–H and O–H groups in total. The maximum Gasteiger partial charge on any atom is 0 e. The normalized spacial score (nSPS) is 0. The molecule has 0 bridgehead atoms. The molecule has 0 fully saturated rings. The van der Waals surface area contributed by atoms with Gasteiger partial charge in [0.05, 0.1) is 0 Å². The third-order valence-electron chi connectivity index (χ3n) is 0. The van der Waals surface area contributed by atoms with Crippen LogP contribution in [0, 0.1) is 0 Å². The van der Waals surface area contributed by atoms with Crippen molar-refractivity contribution < 1.29 is 86.1 Å². The van der Waals surface area contributed by atoms with Crippen molar-refractivity contribution in [3.8, 4) is 0 Å². The molecule has 0 nitrogen and oxygen atoms in total. The fourth-order valence-electron chi connectivity index (χ4n) is 0. The fraction of sp³-hybridized carbons (Fsp3) is 0. The summed E-state index contributed by atoms with van der Waals surface area (Å²) in [6, 6.07) is 0. The summed E-state index contributed by atoms with van der Waals surface area (Å²) in [6.45, 7) is 0. The van der Waals surface area contributed by atoms with Gasteiger partial charge < -0.3 is 0 Å². The molecule has 4 heteroatoms. The number of rotatable bonds is 0. The van der Waals surface area contributed by atoms with E-state index in [-0.39, 0.29) is 86.1 Å². The van der Waals surface area contributed by atoms with Gasteiger partial charge in [-0.3, -0.25) is 0 Å². The molecule has 0 spiro atoms. The average Bonchev–Trinajstić information content (AvgIpc) is 0. The molecule has 0 rings (SSSR count). The maximum atomic E-state index is 0. The summed E-state index contributed by atoms with van der Waals surface area (Å²) < 4.78 is 0. The second kappa shape index (κ2) is 17.0. The van der Waals surface area contributed by atoms with Crippen molar-refractivity contribution in [2.45, 2.75) is 0 Å². The Morgan fingerprint density at radius 1 is 1.00 bits per heavy atom. The van der Waals surface area contributed by atoms with E-state index in [4.69, 9.17) is 0 Å². The predicted molar refractivity (Wildman–Crippen MR) is 0 cm³/mol. The van der Waals surface area contributed by atoms with Gasteiger partial charge in [0.2, 0.25) is 0 Å². The predicted octanol–water partition coefficient (Wildman–Crippen LogP) is -0.0100. The Morgan fingerprint density at radius 3 is 1.00 bits per heavy atom. The van der Waals surface area contributed by atoms with Crippen LogP contribution in [0.4, 0.5) is 0 Å². The first kappa shape index (κ1) is 29.1. The van der Waals surface area contributed by atoms with Crippen molar-refractivity contribution in [1.29, 1.82) is 0 Å². The van der Waals surface area contributed by atoms with Gasteiger partial charge in [-0.25, -0.2) is 0 Å². The van der Waals surface area contributed by atoms with Crippen LogP contribution in [-0.4, -0.2) is 0 Å². The smallest absolute Gasteiger partial charge is 0 e. The Hall–Kier alpha value is 2.81. The quantitative estimate of drug-likeness (QED) is 0.551. The molecular weight excluding hydrogens is 291 g/mol. The molecule has 0 aromatic rings. The van der Waals surface area contributed by atoms with Crippen LogP contribution >= 0.6 is 0 Å². The van der Waals surface area contributed by atoms with Crippen molar-refractivity contribution in [3.05, 3.63) is 0 Å². The molecule has 22 valence electrons. The summed E-state index contributed by atoms with van der Waals surface area (Å²) in [5.74, 6) is 0. The Labute approximate surface area is 84.6 Å². The molecule has 0 atom stereocenters. The zero-order chi connectivity index (χ0) is 0. The Balaban J connectivity index is 0. The van der Waals surface area contributed by atoms with E-state index in [0.717, 1.165) is 0 Å². The number of hydrogen-bond donors (Lipinski definition) is 0. The summed E-state index contributed by atoms with van der Waals surface area (Å²) in [7, 11) is 0. The fourth-order valence-corrected chi connectivity index (χ4v) is 0. The Morgan fingerprint density at radius 2 is 1.00 bits per heavy atom. The topological polar surface area (TPSA) is 0 Å². The van der Waals surface area contributed by atoms with Gasteiger partial charge in [0.25, 0.3) is 0 Å². The van der Waals surface area contributed by atoms with Crippen molar-refractivity contribution in [2.75, 3.05) is 0 Å². The van der Waals surface area contributed by atoms with Gasteiger partial charge in [-0.05, 0) is 0 Å². The third-order valence-corrected chi connectivity index (χ3v) is 0. The summed E-state index contributed by atoms with van der Waals surface area (Å²) in [5.41, 5.74) is 0. The van der Waals surface area contributed by atoms with Crippen molar-refractivity contribution in [3.63, 3.8) is 0 Å². The number of hydrogen-bond acceptors (Lipinski definition) is 0. The van der Waals surface area contributed by atoms with Gasteiger partial charge in [-0.2, -0.15) is 0 Å². The van der Waals surface area contributed by atoms with Gasteiger partial charge in [-0.1, -0.05) is 0 Å². The zero-order valence-corrected chi connectivity index (χ0v) is 8.89. The first-order valence-corrected chi connectivity index (χ1v) is 0. The molecule has 0 amide bonds. The van der Waals surface area contributed by atoms with E-state index >= 15 is 0 Å². The van der Waals surface area contributed by atoms with Crippen LogP contribution in [0.25, 0.3) is 0 Å². The third kappa shape index (κ3) is 8.84. The van der Waals surface area contributed by atoms with E-state index in [2.05, 4.69) is 0 Å². The molecule has 0 heterocycles. The Kier molecular flexibility index (Phi) is 124. The van der Waals surface area contributed by atoms with E-state index < -0.39 is 0 Å². The first-order chi connectivity index (χ1) is 0. The largest absolute Gasteiger partial charge is 0 e. The second-order valence-corrected chi connectivity index (χ2v) is 0. The van der Waals surface area contributed by atoms with Crippen LogP contribution in [0.3, 0.4) is 0 Å². The van der Waals surface area contributed by atoms with Crippen molar-refractivity contribution >= 4 is 0 Å². The van der Waals surface area contributed by atoms with Crippen LogP contribution < -0.4 is 0 Å². The zero-order valence-electron chi connectivity index (χ0n) is 1.76. The van der Waals surface area contributed by atoms with Gasteiger partial charge in [0, 0.05) is 86.1 Å². The molecule has 4 heavy (non-hydrogen) atoms. The van der Waals surface area contributed by atoms with Gasteiger partial charge in [-0.15, -0.1) is 0 Å². The average molecular weight is 291 g/mol. The van der Waals surface area contributed by atoms with Crippen LogP contribution in [0.2, 0.25) is 0 Å². The molecule has 0 aliphatic rings. The van der Waals surface area contributed by atoms with Gasteiger partial charge in [0.15, 0.2) is 0 Å². The van der Waals surface area contributed by atoms with Crippen molar-refractivity contribution in [2.24, 2.45) is 0 Å².